The number of aliphatic carboxylic acids is 1. The molecule has 0 saturated carbocycles. The fraction of sp³-hybridized carbons (Fsp3) is 0.208. The van der Waals surface area contributed by atoms with Gasteiger partial charge < -0.3 is 19.9 Å². The van der Waals surface area contributed by atoms with E-state index in [-0.39, 0.29) is 18.9 Å². The normalized spacial score (nSPS) is 13.0. The summed E-state index contributed by atoms with van der Waals surface area (Å²) >= 11 is 1.18. The van der Waals surface area contributed by atoms with Gasteiger partial charge in [-0.3, -0.25) is 4.79 Å². The van der Waals surface area contributed by atoms with E-state index in [4.69, 9.17) is 4.74 Å². The zero-order valence-corrected chi connectivity index (χ0v) is 18.1. The molecule has 1 aliphatic rings. The summed E-state index contributed by atoms with van der Waals surface area (Å²) < 4.78 is 10.2. The molecule has 0 aliphatic heterocycles. The lowest BCUT2D eigenvalue weighted by Gasteiger charge is -2.18. The zero-order valence-electron chi connectivity index (χ0n) is 17.2. The van der Waals surface area contributed by atoms with Gasteiger partial charge in [0.2, 0.25) is 0 Å². The van der Waals surface area contributed by atoms with Crippen molar-refractivity contribution in [3.63, 3.8) is 0 Å². The van der Waals surface area contributed by atoms with E-state index >= 15 is 0 Å². The molecule has 1 aromatic heterocycles. The molecule has 3 aromatic rings. The van der Waals surface area contributed by atoms with E-state index in [1.165, 1.54) is 24.5 Å². The van der Waals surface area contributed by atoms with Crippen molar-refractivity contribution in [2.45, 2.75) is 18.4 Å². The number of thiophene rings is 1. The van der Waals surface area contributed by atoms with Crippen molar-refractivity contribution in [2.75, 3.05) is 13.7 Å². The van der Waals surface area contributed by atoms with Crippen LogP contribution in [0.5, 0.6) is 0 Å². The van der Waals surface area contributed by atoms with Crippen molar-refractivity contribution in [2.24, 2.45) is 0 Å². The van der Waals surface area contributed by atoms with E-state index in [1.807, 2.05) is 48.5 Å². The third-order valence-electron chi connectivity index (χ3n) is 5.40. The average Bonchev–Trinajstić information content (AvgIpc) is 3.40. The molecule has 7 nitrogen and oxygen atoms in total. The molecule has 1 aliphatic carbocycles. The number of hydrogen-bond acceptors (Lipinski definition) is 6. The van der Waals surface area contributed by atoms with Crippen LogP contribution in [0, 0.1) is 0 Å². The first kappa shape index (κ1) is 21.6. The number of benzene rings is 2. The van der Waals surface area contributed by atoms with Crippen molar-refractivity contribution >= 4 is 29.4 Å². The van der Waals surface area contributed by atoms with Crippen LogP contribution >= 0.6 is 11.3 Å². The SMILES string of the molecule is COC(=O)c1csc(C(CC(=O)O)NC(=O)OCC2c3ccccc3-c3ccccc32)c1. The first-order valence-corrected chi connectivity index (χ1v) is 10.9. The Morgan fingerprint density at radius 1 is 1.06 bits per heavy atom. The summed E-state index contributed by atoms with van der Waals surface area (Å²) in [5.74, 6) is -1.71. The summed E-state index contributed by atoms with van der Waals surface area (Å²) in [4.78, 5) is 36.1. The van der Waals surface area contributed by atoms with E-state index in [2.05, 4.69) is 10.1 Å². The molecule has 1 unspecified atom stereocenters. The smallest absolute Gasteiger partial charge is 0.407 e. The number of carbonyl (C=O) groups is 3. The summed E-state index contributed by atoms with van der Waals surface area (Å²) in [6.07, 6.45) is -1.06. The number of rotatable bonds is 7. The lowest BCUT2D eigenvalue weighted by atomic mass is 9.98. The van der Waals surface area contributed by atoms with E-state index in [9.17, 15) is 19.5 Å². The third kappa shape index (κ3) is 4.36. The molecule has 0 radical (unpaired) electrons. The highest BCUT2D eigenvalue weighted by molar-refractivity contribution is 7.10. The Kier molecular flexibility index (Phi) is 6.23. The number of ether oxygens (including phenoxy) is 2. The standard InChI is InChI=1S/C24H21NO6S/c1-30-23(28)14-10-21(32-13-14)20(11-22(26)27)25-24(29)31-12-19-17-8-4-2-6-15(17)16-7-3-5-9-18(16)19/h2-10,13,19-20H,11-12H2,1H3,(H,25,29)(H,26,27). The largest absolute Gasteiger partial charge is 0.481 e. The molecule has 1 heterocycles. The Bertz CT molecular complexity index is 1130. The van der Waals surface area contributed by atoms with E-state index < -0.39 is 24.1 Å². The van der Waals surface area contributed by atoms with Gasteiger partial charge in [0.05, 0.1) is 25.1 Å². The highest BCUT2D eigenvalue weighted by Gasteiger charge is 2.29. The molecular formula is C24H21NO6S. The molecule has 2 N–H and O–H groups in total. The number of methoxy groups -OCH3 is 1. The number of amides is 1. The van der Waals surface area contributed by atoms with Gasteiger partial charge >= 0.3 is 18.0 Å². The second-order valence-electron chi connectivity index (χ2n) is 7.35. The van der Waals surface area contributed by atoms with E-state index in [1.54, 1.807) is 5.38 Å². The van der Waals surface area contributed by atoms with Crippen LogP contribution in [0.2, 0.25) is 0 Å². The van der Waals surface area contributed by atoms with Crippen LogP contribution < -0.4 is 5.32 Å². The maximum Gasteiger partial charge on any atom is 0.407 e. The van der Waals surface area contributed by atoms with Crippen LogP contribution in [0.1, 0.15) is 44.7 Å². The molecule has 0 bridgehead atoms. The summed E-state index contributed by atoms with van der Waals surface area (Å²) in [6, 6.07) is 16.7. The van der Waals surface area contributed by atoms with Gasteiger partial charge in [-0.2, -0.15) is 0 Å². The maximum absolute atomic E-state index is 12.6. The van der Waals surface area contributed by atoms with Crippen molar-refractivity contribution < 1.29 is 29.0 Å². The predicted molar refractivity (Wildman–Crippen MR) is 119 cm³/mol. The Morgan fingerprint density at radius 3 is 2.28 bits per heavy atom. The average molecular weight is 452 g/mol. The van der Waals surface area contributed by atoms with Crippen LogP contribution in [0.15, 0.2) is 60.0 Å². The molecule has 1 atom stereocenters. The fourth-order valence-electron chi connectivity index (χ4n) is 3.94. The second kappa shape index (κ2) is 9.23. The molecule has 8 heteroatoms. The number of nitrogens with one attached hydrogen (secondary N) is 1. The van der Waals surface area contributed by atoms with Crippen LogP contribution in [-0.4, -0.2) is 36.9 Å². The number of esters is 1. The topological polar surface area (TPSA) is 102 Å². The minimum Gasteiger partial charge on any atom is -0.481 e. The van der Waals surface area contributed by atoms with Crippen LogP contribution in [0.4, 0.5) is 4.79 Å². The third-order valence-corrected chi connectivity index (χ3v) is 6.45. The van der Waals surface area contributed by atoms with E-state index in [0.29, 0.717) is 10.4 Å². The summed E-state index contributed by atoms with van der Waals surface area (Å²) in [5.41, 5.74) is 4.72. The number of alkyl carbamates (subject to hydrolysis) is 1. The van der Waals surface area contributed by atoms with Gasteiger partial charge in [-0.15, -0.1) is 11.3 Å². The lowest BCUT2D eigenvalue weighted by molar-refractivity contribution is -0.137. The fourth-order valence-corrected chi connectivity index (χ4v) is 4.87. The maximum atomic E-state index is 12.6. The Hall–Kier alpha value is -3.65. The monoisotopic (exact) mass is 451 g/mol. The highest BCUT2D eigenvalue weighted by Crippen LogP contribution is 2.44. The molecule has 4 rings (SSSR count). The molecule has 0 spiro atoms. The van der Waals surface area contributed by atoms with Gasteiger partial charge in [0, 0.05) is 16.2 Å². The van der Waals surface area contributed by atoms with Gasteiger partial charge in [0.1, 0.15) is 6.61 Å². The van der Waals surface area contributed by atoms with Crippen molar-refractivity contribution in [3.8, 4) is 11.1 Å². The molecule has 2 aromatic carbocycles. The first-order chi connectivity index (χ1) is 15.5. The van der Waals surface area contributed by atoms with Crippen LogP contribution in [-0.2, 0) is 14.3 Å². The van der Waals surface area contributed by atoms with Gasteiger partial charge in [-0.05, 0) is 28.3 Å². The molecule has 32 heavy (non-hydrogen) atoms. The zero-order chi connectivity index (χ0) is 22.7. The molecule has 0 saturated heterocycles. The van der Waals surface area contributed by atoms with Crippen molar-refractivity contribution in [1.29, 1.82) is 0 Å². The number of hydrogen-bond donors (Lipinski definition) is 2. The molecule has 164 valence electrons. The predicted octanol–water partition coefficient (Wildman–Crippen LogP) is 4.59. The Balaban J connectivity index is 1.47. The van der Waals surface area contributed by atoms with Gasteiger partial charge in [0.25, 0.3) is 0 Å². The molecule has 1 amide bonds. The minimum atomic E-state index is -1.08. The van der Waals surface area contributed by atoms with E-state index in [0.717, 1.165) is 22.3 Å². The van der Waals surface area contributed by atoms with Gasteiger partial charge in [0.15, 0.2) is 0 Å². The minimum absolute atomic E-state index is 0.0984. The summed E-state index contributed by atoms with van der Waals surface area (Å²) in [7, 11) is 1.27. The second-order valence-corrected chi connectivity index (χ2v) is 8.29. The Labute approximate surface area is 188 Å². The van der Waals surface area contributed by atoms with Crippen molar-refractivity contribution in [1.82, 2.24) is 5.32 Å². The molecule has 0 fully saturated rings. The quantitative estimate of drug-likeness (QED) is 0.510. The van der Waals surface area contributed by atoms with Gasteiger partial charge in [-0.25, -0.2) is 9.59 Å². The molecular weight excluding hydrogens is 430 g/mol. The van der Waals surface area contributed by atoms with Crippen LogP contribution in [0.3, 0.4) is 0 Å². The Morgan fingerprint density at radius 2 is 1.69 bits per heavy atom. The van der Waals surface area contributed by atoms with Gasteiger partial charge in [-0.1, -0.05) is 48.5 Å². The van der Waals surface area contributed by atoms with Crippen molar-refractivity contribution in [3.05, 3.63) is 81.5 Å². The first-order valence-electron chi connectivity index (χ1n) is 9.98. The van der Waals surface area contributed by atoms with Crippen LogP contribution in [0.25, 0.3) is 11.1 Å². The highest BCUT2D eigenvalue weighted by atomic mass is 32.1. The number of carboxylic acid groups (broad SMARTS) is 1. The summed E-state index contributed by atoms with van der Waals surface area (Å²) in [6.45, 7) is 0.123. The number of carbonyl (C=O) groups excluding carboxylic acids is 2. The summed E-state index contributed by atoms with van der Waals surface area (Å²) in [5, 5.41) is 13.5. The lowest BCUT2D eigenvalue weighted by Crippen LogP contribution is -2.31. The number of carboxylic acids is 1. The number of fused-ring (bicyclic) bond motifs is 3.